The van der Waals surface area contributed by atoms with Gasteiger partial charge >= 0.3 is 6.09 Å². The third-order valence-corrected chi connectivity index (χ3v) is 5.99. The van der Waals surface area contributed by atoms with Crippen molar-refractivity contribution in [3.8, 4) is 0 Å². The van der Waals surface area contributed by atoms with Gasteiger partial charge in [0.15, 0.2) is 0 Å². The van der Waals surface area contributed by atoms with Crippen LogP contribution in [0.3, 0.4) is 0 Å². The summed E-state index contributed by atoms with van der Waals surface area (Å²) in [6, 6.07) is 0.606. The molecule has 168 valence electrons. The highest BCUT2D eigenvalue weighted by Crippen LogP contribution is 2.24. The van der Waals surface area contributed by atoms with Gasteiger partial charge in [0.05, 0.1) is 0 Å². The maximum atomic E-state index is 12.8. The number of hydrogen-bond donors (Lipinski definition) is 2. The van der Waals surface area contributed by atoms with E-state index in [1.807, 2.05) is 20.8 Å². The van der Waals surface area contributed by atoms with Crippen molar-refractivity contribution in [1.29, 1.82) is 0 Å². The van der Waals surface area contributed by atoms with Gasteiger partial charge in [0, 0.05) is 31.1 Å². The van der Waals surface area contributed by atoms with E-state index in [0.717, 1.165) is 38.6 Å². The van der Waals surface area contributed by atoms with Gasteiger partial charge in [0.1, 0.15) is 5.60 Å². The predicted molar refractivity (Wildman–Crippen MR) is 117 cm³/mol. The summed E-state index contributed by atoms with van der Waals surface area (Å²) < 4.78 is 5.44. The van der Waals surface area contributed by atoms with Crippen molar-refractivity contribution in [1.82, 2.24) is 15.5 Å². The van der Waals surface area contributed by atoms with Crippen LogP contribution in [-0.2, 0) is 9.53 Å². The second kappa shape index (κ2) is 11.8. The minimum Gasteiger partial charge on any atom is -0.444 e. The third kappa shape index (κ3) is 8.93. The number of nitrogens with one attached hydrogen (secondary N) is 2. The molecule has 0 aromatic rings. The monoisotopic (exact) mass is 409 g/mol. The molecule has 0 spiro atoms. The zero-order valence-corrected chi connectivity index (χ0v) is 19.1. The fourth-order valence-corrected chi connectivity index (χ4v) is 4.32. The van der Waals surface area contributed by atoms with E-state index in [0.29, 0.717) is 19.1 Å². The first kappa shape index (κ1) is 24.0. The highest BCUT2D eigenvalue weighted by Gasteiger charge is 2.32. The van der Waals surface area contributed by atoms with Crippen molar-refractivity contribution in [3.05, 3.63) is 0 Å². The first-order valence-corrected chi connectivity index (χ1v) is 11.8. The molecular weight excluding hydrogens is 366 g/mol. The lowest BCUT2D eigenvalue weighted by atomic mass is 9.98. The summed E-state index contributed by atoms with van der Waals surface area (Å²) >= 11 is 0. The Hall–Kier alpha value is -1.30. The van der Waals surface area contributed by atoms with Gasteiger partial charge in [0.25, 0.3) is 0 Å². The van der Waals surface area contributed by atoms with Crippen LogP contribution in [0.4, 0.5) is 4.79 Å². The van der Waals surface area contributed by atoms with Crippen LogP contribution in [0.2, 0.25) is 0 Å². The number of likely N-dealkylation sites (tertiary alicyclic amines) is 1. The van der Waals surface area contributed by atoms with Crippen molar-refractivity contribution in [2.45, 2.75) is 110 Å². The molecule has 1 saturated heterocycles. The molecular formula is C23H43N3O3. The molecule has 2 rings (SSSR count). The predicted octanol–water partition coefficient (Wildman–Crippen LogP) is 4.23. The van der Waals surface area contributed by atoms with E-state index in [1.165, 1.54) is 32.1 Å². The number of carbonyl (C=O) groups excluding carboxylic acids is 2. The lowest BCUT2D eigenvalue weighted by Gasteiger charge is -2.24. The average Bonchev–Trinajstić information content (AvgIpc) is 2.97. The van der Waals surface area contributed by atoms with Gasteiger partial charge in [-0.15, -0.1) is 0 Å². The Morgan fingerprint density at radius 2 is 1.79 bits per heavy atom. The second-order valence-electron chi connectivity index (χ2n) is 9.84. The van der Waals surface area contributed by atoms with E-state index in [2.05, 4.69) is 17.6 Å². The highest BCUT2D eigenvalue weighted by molar-refractivity contribution is 5.79. The summed E-state index contributed by atoms with van der Waals surface area (Å²) in [6.45, 7) is 10.2. The molecule has 3 atom stereocenters. The van der Waals surface area contributed by atoms with Gasteiger partial charge in [-0.25, -0.2) is 4.79 Å². The van der Waals surface area contributed by atoms with E-state index < -0.39 is 5.60 Å². The smallest absolute Gasteiger partial charge is 0.410 e. The van der Waals surface area contributed by atoms with Gasteiger partial charge in [-0.2, -0.15) is 0 Å². The molecule has 0 aromatic carbocycles. The number of rotatable bonds is 8. The molecule has 0 radical (unpaired) electrons. The second-order valence-corrected chi connectivity index (χ2v) is 9.84. The van der Waals surface area contributed by atoms with Crippen molar-refractivity contribution in [3.63, 3.8) is 0 Å². The summed E-state index contributed by atoms with van der Waals surface area (Å²) in [4.78, 5) is 26.7. The normalized spacial score (nSPS) is 25.5. The molecule has 6 heteroatoms. The van der Waals surface area contributed by atoms with Crippen LogP contribution in [0.15, 0.2) is 0 Å². The largest absolute Gasteiger partial charge is 0.444 e. The van der Waals surface area contributed by atoms with Gasteiger partial charge in [0.2, 0.25) is 5.91 Å². The van der Waals surface area contributed by atoms with Gasteiger partial charge in [-0.1, -0.05) is 32.6 Å². The Labute approximate surface area is 177 Å². The molecule has 0 aromatic heterocycles. The number of unbranched alkanes of at least 4 members (excludes halogenated alkanes) is 3. The molecule has 2 unspecified atom stereocenters. The first-order valence-electron chi connectivity index (χ1n) is 11.8. The van der Waals surface area contributed by atoms with Crippen LogP contribution in [-0.4, -0.2) is 54.2 Å². The molecule has 2 fully saturated rings. The minimum absolute atomic E-state index is 0.0470. The number of hydrogen-bond acceptors (Lipinski definition) is 4. The van der Waals surface area contributed by atoms with Crippen molar-refractivity contribution in [2.75, 3.05) is 19.6 Å². The number of amides is 2. The Balaban J connectivity index is 1.68. The molecule has 1 aliphatic carbocycles. The zero-order valence-electron chi connectivity index (χ0n) is 19.1. The molecule has 2 amide bonds. The molecule has 0 bridgehead atoms. The highest BCUT2D eigenvalue weighted by atomic mass is 16.6. The summed E-state index contributed by atoms with van der Waals surface area (Å²) in [5, 5.41) is 6.90. The van der Waals surface area contributed by atoms with Crippen LogP contribution in [0.1, 0.15) is 91.9 Å². The topological polar surface area (TPSA) is 70.7 Å². The van der Waals surface area contributed by atoms with Gasteiger partial charge < -0.3 is 20.3 Å². The maximum Gasteiger partial charge on any atom is 0.410 e. The Kier molecular flexibility index (Phi) is 9.73. The molecule has 2 N–H and O–H groups in total. The quantitative estimate of drug-likeness (QED) is 0.465. The number of nitrogens with zero attached hydrogens (tertiary/aromatic N) is 1. The molecule has 1 aliphatic heterocycles. The van der Waals surface area contributed by atoms with E-state index in [4.69, 9.17) is 4.74 Å². The number of carbonyl (C=O) groups is 2. The van der Waals surface area contributed by atoms with Crippen LogP contribution in [0.5, 0.6) is 0 Å². The molecule has 6 nitrogen and oxygen atoms in total. The summed E-state index contributed by atoms with van der Waals surface area (Å²) in [7, 11) is 0. The molecule has 1 saturated carbocycles. The van der Waals surface area contributed by atoms with Gasteiger partial charge in [-0.05, 0) is 65.8 Å². The van der Waals surface area contributed by atoms with E-state index >= 15 is 0 Å². The average molecular weight is 410 g/mol. The Bertz CT molecular complexity index is 518. The van der Waals surface area contributed by atoms with Crippen LogP contribution < -0.4 is 10.6 Å². The third-order valence-electron chi connectivity index (χ3n) is 5.99. The molecule has 1 heterocycles. The van der Waals surface area contributed by atoms with E-state index in [1.54, 1.807) is 4.90 Å². The molecule has 29 heavy (non-hydrogen) atoms. The fraction of sp³-hybridized carbons (Fsp3) is 0.913. The van der Waals surface area contributed by atoms with Crippen molar-refractivity contribution >= 4 is 12.0 Å². The van der Waals surface area contributed by atoms with Crippen LogP contribution in [0.25, 0.3) is 0 Å². The van der Waals surface area contributed by atoms with Crippen molar-refractivity contribution in [2.24, 2.45) is 5.92 Å². The summed E-state index contributed by atoms with van der Waals surface area (Å²) in [5.41, 5.74) is -0.487. The zero-order chi connectivity index (χ0) is 21.3. The van der Waals surface area contributed by atoms with Crippen LogP contribution in [0, 0.1) is 5.92 Å². The first-order chi connectivity index (χ1) is 13.8. The van der Waals surface area contributed by atoms with Crippen LogP contribution >= 0.6 is 0 Å². The lowest BCUT2D eigenvalue weighted by molar-refractivity contribution is -0.126. The van der Waals surface area contributed by atoms with E-state index in [9.17, 15) is 9.59 Å². The number of ether oxygens (including phenoxy) is 1. The standard InChI is InChI=1S/C23H43N3O3/c1-5-6-7-8-15-24-19-11-9-10-18(12-13-19)21(27)25-20-14-16-26(17-20)22(28)29-23(2,3)4/h18-20,24H,5-17H2,1-4H3,(H,25,27)/t18?,19?,20-/m1/s1. The summed E-state index contributed by atoms with van der Waals surface area (Å²) in [5.74, 6) is 0.280. The lowest BCUT2D eigenvalue weighted by Crippen LogP contribution is -2.42. The Morgan fingerprint density at radius 1 is 1.00 bits per heavy atom. The summed E-state index contributed by atoms with van der Waals surface area (Å²) in [6.07, 6.45) is 11.0. The van der Waals surface area contributed by atoms with E-state index in [-0.39, 0.29) is 24.0 Å². The maximum absolute atomic E-state index is 12.8. The minimum atomic E-state index is -0.487. The molecule has 2 aliphatic rings. The van der Waals surface area contributed by atoms with Gasteiger partial charge in [-0.3, -0.25) is 4.79 Å². The van der Waals surface area contributed by atoms with Crippen molar-refractivity contribution < 1.29 is 14.3 Å². The fourth-order valence-electron chi connectivity index (χ4n) is 4.32. The Morgan fingerprint density at radius 3 is 2.52 bits per heavy atom. The SMILES string of the molecule is CCCCCCNC1CCCC(C(=O)N[C@@H]2CCN(C(=O)OC(C)(C)C)C2)CC1.